The lowest BCUT2D eigenvalue weighted by Crippen LogP contribution is -2.02. The van der Waals surface area contributed by atoms with Crippen LogP contribution in [0.5, 0.6) is 5.75 Å². The lowest BCUT2D eigenvalue weighted by atomic mass is 10.1. The third kappa shape index (κ3) is 3.93. The number of furan rings is 2. The number of nitrogens with two attached hydrogens (primary N) is 1. The lowest BCUT2D eigenvalue weighted by molar-refractivity contribution is -0.394. The first-order valence-corrected chi connectivity index (χ1v) is 11.4. The number of phenolic OH excluding ortho intramolecular Hbond substituents is 1. The predicted molar refractivity (Wildman–Crippen MR) is 136 cm³/mol. The summed E-state index contributed by atoms with van der Waals surface area (Å²) in [6.45, 7) is 0. The Morgan fingerprint density at radius 3 is 2.56 bits per heavy atom. The van der Waals surface area contributed by atoms with Crippen LogP contribution < -0.4 is 5.73 Å². The number of benzene rings is 1. The first kappa shape index (κ1) is 23.5. The minimum atomic E-state index is -0.960. The molecule has 3 N–H and O–H groups in total. The number of non-ortho nitro benzene ring substituents is 1. The number of azo groups is 1. The molecular weight excluding hydrogens is 512 g/mol. The van der Waals surface area contributed by atoms with Crippen LogP contribution in [-0.4, -0.2) is 29.6 Å². The number of nitrogens with zero attached hydrogens (tertiary/aromatic N) is 7. The number of nitrogen functional groups attached to an aromatic ring is 1. The van der Waals surface area contributed by atoms with Gasteiger partial charge in [-0.15, -0.1) is 15.3 Å². The maximum absolute atomic E-state index is 11.3. The molecule has 0 radical (unpaired) electrons. The van der Waals surface area contributed by atoms with Crippen molar-refractivity contribution in [1.29, 1.82) is 0 Å². The molecule has 6 rings (SSSR count). The van der Waals surface area contributed by atoms with Gasteiger partial charge in [0, 0.05) is 11.6 Å². The van der Waals surface area contributed by atoms with Crippen LogP contribution >= 0.6 is 0 Å². The van der Waals surface area contributed by atoms with Gasteiger partial charge in [-0.1, -0.05) is 0 Å². The zero-order chi connectivity index (χ0) is 27.3. The van der Waals surface area contributed by atoms with E-state index in [-0.39, 0.29) is 17.2 Å². The largest absolute Gasteiger partial charge is 0.501 e. The average Bonchev–Trinajstić information content (AvgIpc) is 3.71. The molecular formula is C24H16N8O7. The second-order valence-corrected chi connectivity index (χ2v) is 8.47. The second-order valence-electron chi connectivity index (χ2n) is 8.47. The minimum absolute atomic E-state index is 0.0107. The number of nitro groups is 2. The Bertz CT molecular complexity index is 1840. The summed E-state index contributed by atoms with van der Waals surface area (Å²) in [5.41, 5.74) is 7.32. The lowest BCUT2D eigenvalue weighted by Gasteiger charge is -2.09. The quantitative estimate of drug-likeness (QED) is 0.158. The van der Waals surface area contributed by atoms with Crippen LogP contribution in [0.2, 0.25) is 0 Å². The molecule has 0 spiro atoms. The normalized spacial score (nSPS) is 14.0. The molecule has 4 heterocycles. The van der Waals surface area contributed by atoms with Crippen molar-refractivity contribution in [2.24, 2.45) is 10.2 Å². The Morgan fingerprint density at radius 2 is 1.87 bits per heavy atom. The van der Waals surface area contributed by atoms with E-state index in [2.05, 4.69) is 15.3 Å². The Hall–Kier alpha value is -5.86. The molecule has 0 aliphatic heterocycles. The number of aromatic nitrogens is 3. The molecule has 0 saturated carbocycles. The minimum Gasteiger partial charge on any atom is -0.501 e. The monoisotopic (exact) mass is 528 g/mol. The van der Waals surface area contributed by atoms with Gasteiger partial charge in [0.05, 0.1) is 34.1 Å². The van der Waals surface area contributed by atoms with Crippen LogP contribution in [0.15, 0.2) is 68.0 Å². The first-order chi connectivity index (χ1) is 18.8. The Morgan fingerprint density at radius 1 is 1.08 bits per heavy atom. The van der Waals surface area contributed by atoms with Crippen LogP contribution in [0.4, 0.5) is 28.6 Å². The van der Waals surface area contributed by atoms with E-state index >= 15 is 0 Å². The van der Waals surface area contributed by atoms with Crippen molar-refractivity contribution in [3.63, 3.8) is 0 Å². The molecule has 5 aromatic rings. The highest BCUT2D eigenvalue weighted by Gasteiger charge is 2.29. The van der Waals surface area contributed by atoms with Crippen LogP contribution in [-0.2, 0) is 6.42 Å². The maximum atomic E-state index is 11.3. The zero-order valence-electron chi connectivity index (χ0n) is 19.7. The molecule has 1 aliphatic carbocycles. The number of phenols is 1. The SMILES string of the molecule is Nc1nn2c(-c3ccco3)c3c(nc2c1N=Nc1cc([N+](=O)[O-])cc([N+](=O)[O-])c1O)/C(=C\c1ccco1)CC3. The van der Waals surface area contributed by atoms with Gasteiger partial charge < -0.3 is 19.7 Å². The standard InChI is InChI=1S/C24H16N8O7/c25-23-20(28-27-16-10-13(31(34)35)11-17(22(16)33)32(36)37)24-26-19-12(9-14-3-1-7-38-14)5-6-15(19)21(30(24)29-23)18-4-2-8-39-18/h1-4,7-11,33H,5-6H2,(H2,25,29)/b12-9-,28-27?. The summed E-state index contributed by atoms with van der Waals surface area (Å²) in [4.78, 5) is 25.5. The summed E-state index contributed by atoms with van der Waals surface area (Å²) in [7, 11) is 0. The maximum Gasteiger partial charge on any atom is 0.319 e. The van der Waals surface area contributed by atoms with Gasteiger partial charge >= 0.3 is 5.69 Å². The number of nitro benzene ring substituents is 2. The van der Waals surface area contributed by atoms with Gasteiger partial charge in [0.15, 0.2) is 22.9 Å². The highest BCUT2D eigenvalue weighted by atomic mass is 16.6. The number of rotatable bonds is 6. The number of anilines is 1. The van der Waals surface area contributed by atoms with E-state index in [0.717, 1.165) is 17.2 Å². The summed E-state index contributed by atoms with van der Waals surface area (Å²) >= 11 is 0. The number of hydrogen-bond acceptors (Lipinski definition) is 12. The van der Waals surface area contributed by atoms with E-state index in [4.69, 9.17) is 19.6 Å². The topological polar surface area (TPSA) is 214 Å². The van der Waals surface area contributed by atoms with Crippen LogP contribution in [0, 0.1) is 20.2 Å². The number of hydrogen-bond donors (Lipinski definition) is 2. The van der Waals surface area contributed by atoms with E-state index in [9.17, 15) is 25.3 Å². The van der Waals surface area contributed by atoms with E-state index in [1.807, 2.05) is 12.1 Å². The Balaban J connectivity index is 1.55. The summed E-state index contributed by atoms with van der Waals surface area (Å²) in [6.07, 6.45) is 6.28. The van der Waals surface area contributed by atoms with E-state index < -0.39 is 32.7 Å². The van der Waals surface area contributed by atoms with Crippen molar-refractivity contribution in [1.82, 2.24) is 14.6 Å². The van der Waals surface area contributed by atoms with E-state index in [0.29, 0.717) is 41.8 Å². The molecule has 0 atom stereocenters. The highest BCUT2D eigenvalue weighted by molar-refractivity contribution is 5.88. The zero-order valence-corrected chi connectivity index (χ0v) is 19.7. The number of aromatic hydroxyl groups is 1. The average molecular weight is 528 g/mol. The van der Waals surface area contributed by atoms with Gasteiger partial charge in [-0.25, -0.2) is 9.50 Å². The second kappa shape index (κ2) is 8.91. The number of allylic oxidation sites excluding steroid dienone is 1. The van der Waals surface area contributed by atoms with Crippen molar-refractivity contribution in [2.75, 3.05) is 5.73 Å². The van der Waals surface area contributed by atoms with Crippen LogP contribution in [0.3, 0.4) is 0 Å². The Kier molecular flexibility index (Phi) is 5.38. The van der Waals surface area contributed by atoms with Crippen molar-refractivity contribution >= 4 is 45.9 Å². The summed E-state index contributed by atoms with van der Waals surface area (Å²) in [5.74, 6) is 0.183. The molecule has 39 heavy (non-hydrogen) atoms. The van der Waals surface area contributed by atoms with Crippen LogP contribution in [0.1, 0.15) is 23.4 Å². The van der Waals surface area contributed by atoms with Crippen molar-refractivity contribution in [2.45, 2.75) is 12.8 Å². The first-order valence-electron chi connectivity index (χ1n) is 11.4. The van der Waals surface area contributed by atoms with Gasteiger partial charge in [-0.3, -0.25) is 20.2 Å². The van der Waals surface area contributed by atoms with Crippen molar-refractivity contribution < 1.29 is 23.8 Å². The number of fused-ring (bicyclic) bond motifs is 2. The fourth-order valence-corrected chi connectivity index (χ4v) is 4.43. The molecule has 15 nitrogen and oxygen atoms in total. The van der Waals surface area contributed by atoms with Crippen molar-refractivity contribution in [3.05, 3.63) is 86.2 Å². The van der Waals surface area contributed by atoms with Gasteiger partial charge in [-0.05, 0) is 48.8 Å². The molecule has 194 valence electrons. The van der Waals surface area contributed by atoms with Crippen molar-refractivity contribution in [3.8, 4) is 17.2 Å². The molecule has 0 bridgehead atoms. The van der Waals surface area contributed by atoms with Crippen LogP contribution in [0.25, 0.3) is 28.8 Å². The fourth-order valence-electron chi connectivity index (χ4n) is 4.43. The summed E-state index contributed by atoms with van der Waals surface area (Å²) in [5, 5.41) is 45.2. The third-order valence-corrected chi connectivity index (χ3v) is 6.15. The molecule has 0 unspecified atom stereocenters. The summed E-state index contributed by atoms with van der Waals surface area (Å²) in [6, 6.07) is 8.58. The molecule has 1 aromatic carbocycles. The third-order valence-electron chi connectivity index (χ3n) is 6.15. The van der Waals surface area contributed by atoms with Gasteiger partial charge in [0.2, 0.25) is 5.75 Å². The van der Waals surface area contributed by atoms with Gasteiger partial charge in [0.1, 0.15) is 17.1 Å². The highest BCUT2D eigenvalue weighted by Crippen LogP contribution is 2.43. The molecule has 0 saturated heterocycles. The van der Waals surface area contributed by atoms with Gasteiger partial charge in [-0.2, -0.15) is 0 Å². The van der Waals surface area contributed by atoms with E-state index in [1.54, 1.807) is 24.5 Å². The molecule has 4 aromatic heterocycles. The Labute approximate surface area is 216 Å². The smallest absolute Gasteiger partial charge is 0.319 e. The fraction of sp³-hybridized carbons (Fsp3) is 0.0833. The van der Waals surface area contributed by atoms with E-state index in [1.165, 1.54) is 10.8 Å². The summed E-state index contributed by atoms with van der Waals surface area (Å²) < 4.78 is 12.6. The predicted octanol–water partition coefficient (Wildman–Crippen LogP) is 5.59. The molecule has 15 heteroatoms. The van der Waals surface area contributed by atoms with Gasteiger partial charge in [0.25, 0.3) is 5.69 Å². The molecule has 0 amide bonds. The molecule has 0 fully saturated rings. The molecule has 1 aliphatic rings.